The molecule has 0 aliphatic heterocycles. The Morgan fingerprint density at radius 3 is 2.56 bits per heavy atom. The van der Waals surface area contributed by atoms with Gasteiger partial charge < -0.3 is 5.11 Å². The van der Waals surface area contributed by atoms with Gasteiger partial charge in [0, 0.05) is 4.90 Å². The number of thioether (sulfide) groups is 1. The summed E-state index contributed by atoms with van der Waals surface area (Å²) in [7, 11) is 0. The van der Waals surface area contributed by atoms with Crippen molar-refractivity contribution >= 4 is 17.7 Å². The first-order chi connectivity index (χ1) is 7.60. The molecule has 1 aliphatic carbocycles. The number of aliphatic carboxylic acids is 1. The second kappa shape index (κ2) is 4.09. The standard InChI is InChI=1S/C12H13FO2S/c1-16-10-4-3-8(7-9(10)13)12(11(14)15)5-2-6-12/h3-4,7H,2,5-6H2,1H3,(H,14,15). The first kappa shape index (κ1) is 11.5. The molecule has 0 amide bonds. The predicted molar refractivity (Wildman–Crippen MR) is 61.3 cm³/mol. The fraction of sp³-hybridized carbons (Fsp3) is 0.417. The summed E-state index contributed by atoms with van der Waals surface area (Å²) in [5, 5.41) is 9.23. The fourth-order valence-electron chi connectivity index (χ4n) is 2.12. The summed E-state index contributed by atoms with van der Waals surface area (Å²) in [6, 6.07) is 4.78. The van der Waals surface area contributed by atoms with Crippen LogP contribution < -0.4 is 0 Å². The molecule has 0 atom stereocenters. The van der Waals surface area contributed by atoms with E-state index < -0.39 is 11.4 Å². The van der Waals surface area contributed by atoms with Crippen LogP contribution in [0.3, 0.4) is 0 Å². The highest BCUT2D eigenvalue weighted by molar-refractivity contribution is 7.98. The van der Waals surface area contributed by atoms with Crippen molar-refractivity contribution in [3.8, 4) is 0 Å². The van der Waals surface area contributed by atoms with Gasteiger partial charge in [-0.3, -0.25) is 4.79 Å². The summed E-state index contributed by atoms with van der Waals surface area (Å²) in [6.45, 7) is 0. The first-order valence-corrected chi connectivity index (χ1v) is 6.40. The van der Waals surface area contributed by atoms with Crippen LogP contribution in [-0.4, -0.2) is 17.3 Å². The van der Waals surface area contributed by atoms with Gasteiger partial charge in [-0.1, -0.05) is 12.5 Å². The fourth-order valence-corrected chi connectivity index (χ4v) is 2.58. The van der Waals surface area contributed by atoms with Gasteiger partial charge in [-0.25, -0.2) is 4.39 Å². The largest absolute Gasteiger partial charge is 0.481 e. The average Bonchev–Trinajstić information content (AvgIpc) is 2.15. The molecule has 0 bridgehead atoms. The number of hydrogen-bond acceptors (Lipinski definition) is 2. The summed E-state index contributed by atoms with van der Waals surface area (Å²) in [5.41, 5.74) is -0.237. The minimum atomic E-state index is -0.838. The Morgan fingerprint density at radius 1 is 1.50 bits per heavy atom. The van der Waals surface area contributed by atoms with E-state index in [2.05, 4.69) is 0 Å². The van der Waals surface area contributed by atoms with E-state index in [9.17, 15) is 14.3 Å². The number of carbonyl (C=O) groups is 1. The smallest absolute Gasteiger partial charge is 0.314 e. The minimum Gasteiger partial charge on any atom is -0.481 e. The van der Waals surface area contributed by atoms with E-state index in [0.717, 1.165) is 6.42 Å². The Morgan fingerprint density at radius 2 is 2.19 bits per heavy atom. The molecule has 0 saturated heterocycles. The Hall–Kier alpha value is -1.03. The zero-order chi connectivity index (χ0) is 11.8. The van der Waals surface area contributed by atoms with E-state index in [1.165, 1.54) is 17.8 Å². The van der Waals surface area contributed by atoms with E-state index >= 15 is 0 Å². The molecule has 86 valence electrons. The van der Waals surface area contributed by atoms with Crippen molar-refractivity contribution in [3.63, 3.8) is 0 Å². The minimum absolute atomic E-state index is 0.322. The Kier molecular flexibility index (Phi) is 2.93. The molecular weight excluding hydrogens is 227 g/mol. The van der Waals surface area contributed by atoms with Crippen LogP contribution >= 0.6 is 11.8 Å². The lowest BCUT2D eigenvalue weighted by Gasteiger charge is -2.38. The molecule has 1 aliphatic rings. The van der Waals surface area contributed by atoms with E-state index in [1.807, 2.05) is 0 Å². The molecule has 0 unspecified atom stereocenters. The van der Waals surface area contributed by atoms with Crippen molar-refractivity contribution < 1.29 is 14.3 Å². The van der Waals surface area contributed by atoms with Gasteiger partial charge in [0.2, 0.25) is 0 Å². The molecule has 1 N–H and O–H groups in total. The number of carboxylic acids is 1. The van der Waals surface area contributed by atoms with Crippen molar-refractivity contribution in [2.24, 2.45) is 0 Å². The summed E-state index contributed by atoms with van der Waals surface area (Å²) in [4.78, 5) is 11.8. The van der Waals surface area contributed by atoms with Gasteiger partial charge in [-0.05, 0) is 36.8 Å². The van der Waals surface area contributed by atoms with Gasteiger partial charge in [0.05, 0.1) is 5.41 Å². The molecule has 1 fully saturated rings. The Bertz CT molecular complexity index is 427. The van der Waals surface area contributed by atoms with Gasteiger partial charge >= 0.3 is 5.97 Å². The van der Waals surface area contributed by atoms with Crippen LogP contribution in [0, 0.1) is 5.82 Å². The normalized spacial score (nSPS) is 17.9. The molecule has 4 heteroatoms. The van der Waals surface area contributed by atoms with Crippen molar-refractivity contribution in [1.82, 2.24) is 0 Å². The highest BCUT2D eigenvalue weighted by Crippen LogP contribution is 2.44. The van der Waals surface area contributed by atoms with E-state index in [4.69, 9.17) is 0 Å². The Labute approximate surface area is 97.9 Å². The third-order valence-corrected chi connectivity index (χ3v) is 4.09. The van der Waals surface area contributed by atoms with Crippen molar-refractivity contribution in [2.45, 2.75) is 29.6 Å². The maximum Gasteiger partial charge on any atom is 0.314 e. The van der Waals surface area contributed by atoms with Crippen LogP contribution in [0.1, 0.15) is 24.8 Å². The van der Waals surface area contributed by atoms with E-state index in [1.54, 1.807) is 18.4 Å². The van der Waals surface area contributed by atoms with Crippen LogP contribution in [0.15, 0.2) is 23.1 Å². The van der Waals surface area contributed by atoms with Crippen LogP contribution in [-0.2, 0) is 10.2 Å². The van der Waals surface area contributed by atoms with Crippen LogP contribution in [0.4, 0.5) is 4.39 Å². The summed E-state index contributed by atoms with van der Waals surface area (Å²) in [6.07, 6.45) is 3.92. The maximum atomic E-state index is 13.6. The van der Waals surface area contributed by atoms with Gasteiger partial charge in [0.1, 0.15) is 5.82 Å². The Balaban J connectivity index is 2.40. The van der Waals surface area contributed by atoms with E-state index in [-0.39, 0.29) is 5.82 Å². The van der Waals surface area contributed by atoms with Crippen LogP contribution in [0.25, 0.3) is 0 Å². The van der Waals surface area contributed by atoms with E-state index in [0.29, 0.717) is 23.3 Å². The molecule has 0 aromatic heterocycles. The molecule has 1 aromatic carbocycles. The first-order valence-electron chi connectivity index (χ1n) is 5.17. The molecule has 16 heavy (non-hydrogen) atoms. The monoisotopic (exact) mass is 240 g/mol. The molecule has 0 heterocycles. The van der Waals surface area contributed by atoms with Crippen molar-refractivity contribution in [3.05, 3.63) is 29.6 Å². The average molecular weight is 240 g/mol. The zero-order valence-corrected chi connectivity index (χ0v) is 9.81. The SMILES string of the molecule is CSc1ccc(C2(C(=O)O)CCC2)cc1F. The van der Waals surface area contributed by atoms with Crippen molar-refractivity contribution in [1.29, 1.82) is 0 Å². The molecule has 0 radical (unpaired) electrons. The summed E-state index contributed by atoms with van der Waals surface area (Å²) < 4.78 is 13.6. The lowest BCUT2D eigenvalue weighted by Crippen LogP contribution is -2.42. The maximum absolute atomic E-state index is 13.6. The second-order valence-electron chi connectivity index (χ2n) is 4.09. The third kappa shape index (κ3) is 1.61. The van der Waals surface area contributed by atoms with Crippen LogP contribution in [0.5, 0.6) is 0 Å². The predicted octanol–water partition coefficient (Wildman–Crippen LogP) is 3.05. The quantitative estimate of drug-likeness (QED) is 0.825. The molecular formula is C12H13FO2S. The number of carboxylic acid groups (broad SMARTS) is 1. The molecule has 2 nitrogen and oxygen atoms in total. The molecule has 2 rings (SSSR count). The highest BCUT2D eigenvalue weighted by atomic mass is 32.2. The van der Waals surface area contributed by atoms with Crippen molar-refractivity contribution in [2.75, 3.05) is 6.26 Å². The van der Waals surface area contributed by atoms with Gasteiger partial charge in [-0.15, -0.1) is 11.8 Å². The number of hydrogen-bond donors (Lipinski definition) is 1. The summed E-state index contributed by atoms with van der Waals surface area (Å²) in [5.74, 6) is -1.16. The second-order valence-corrected chi connectivity index (χ2v) is 4.94. The lowest BCUT2D eigenvalue weighted by atomic mass is 9.64. The number of halogens is 1. The number of benzene rings is 1. The van der Waals surface area contributed by atoms with Gasteiger partial charge in [-0.2, -0.15) is 0 Å². The van der Waals surface area contributed by atoms with Crippen LogP contribution in [0.2, 0.25) is 0 Å². The number of rotatable bonds is 3. The molecule has 0 spiro atoms. The molecule has 1 saturated carbocycles. The zero-order valence-electron chi connectivity index (χ0n) is 9.00. The van der Waals surface area contributed by atoms with Gasteiger partial charge in [0.25, 0.3) is 0 Å². The third-order valence-electron chi connectivity index (χ3n) is 3.32. The van der Waals surface area contributed by atoms with Gasteiger partial charge in [0.15, 0.2) is 0 Å². The highest BCUT2D eigenvalue weighted by Gasteiger charge is 2.46. The molecule has 1 aromatic rings. The topological polar surface area (TPSA) is 37.3 Å². The lowest BCUT2D eigenvalue weighted by molar-refractivity contribution is -0.147. The summed E-state index contributed by atoms with van der Waals surface area (Å²) >= 11 is 1.33.